The van der Waals surface area contributed by atoms with Gasteiger partial charge in [0.15, 0.2) is 5.43 Å². The fraction of sp³-hybridized carbons (Fsp3) is 0. The molecule has 0 bridgehead atoms. The molecule has 4 aromatic rings. The molecule has 0 fully saturated rings. The molecule has 24 heavy (non-hydrogen) atoms. The van der Waals surface area contributed by atoms with Crippen molar-refractivity contribution in [3.63, 3.8) is 0 Å². The zero-order valence-corrected chi connectivity index (χ0v) is 12.8. The van der Waals surface area contributed by atoms with Crippen molar-refractivity contribution in [2.45, 2.75) is 0 Å². The van der Waals surface area contributed by atoms with E-state index in [-0.39, 0.29) is 5.43 Å². The van der Waals surface area contributed by atoms with Gasteiger partial charge in [0.2, 0.25) is 0 Å². The first-order valence-electron chi connectivity index (χ1n) is 7.70. The molecule has 0 aliphatic heterocycles. The van der Waals surface area contributed by atoms with E-state index in [1.807, 2.05) is 65.2 Å². The Labute approximate surface area is 138 Å². The largest absolute Gasteiger partial charge is 0.309 e. The van der Waals surface area contributed by atoms with Gasteiger partial charge in [-0.25, -0.2) is 4.39 Å². The minimum atomic E-state index is -0.410. The van der Waals surface area contributed by atoms with Crippen LogP contribution in [0.5, 0.6) is 0 Å². The lowest BCUT2D eigenvalue weighted by Gasteiger charge is -2.17. The monoisotopic (exact) mass is 315 g/mol. The third kappa shape index (κ3) is 2.40. The second-order valence-electron chi connectivity index (χ2n) is 5.59. The Morgan fingerprint density at radius 3 is 2.12 bits per heavy atom. The first-order valence-corrected chi connectivity index (χ1v) is 7.70. The van der Waals surface area contributed by atoms with Crippen molar-refractivity contribution < 1.29 is 4.39 Å². The van der Waals surface area contributed by atoms with Crippen LogP contribution in [0.2, 0.25) is 0 Å². The molecule has 0 saturated heterocycles. The molecule has 0 atom stereocenters. The highest BCUT2D eigenvalue weighted by molar-refractivity contribution is 5.84. The Kier molecular flexibility index (Phi) is 3.47. The number of hydrogen-bond donors (Lipinski definition) is 0. The van der Waals surface area contributed by atoms with E-state index < -0.39 is 5.82 Å². The smallest absolute Gasteiger partial charge is 0.190 e. The van der Waals surface area contributed by atoms with E-state index in [0.29, 0.717) is 10.9 Å². The molecule has 0 saturated carbocycles. The Morgan fingerprint density at radius 2 is 1.42 bits per heavy atom. The summed E-state index contributed by atoms with van der Waals surface area (Å²) in [6.45, 7) is 0. The highest BCUT2D eigenvalue weighted by Crippen LogP contribution is 2.26. The van der Waals surface area contributed by atoms with Crippen LogP contribution in [-0.4, -0.2) is 4.57 Å². The number of benzene rings is 3. The molecule has 0 spiro atoms. The lowest BCUT2D eigenvalue weighted by Crippen LogP contribution is -2.10. The molecule has 0 radical (unpaired) electrons. The van der Waals surface area contributed by atoms with Crippen molar-refractivity contribution in [3.05, 3.63) is 101 Å². The first-order chi connectivity index (χ1) is 11.7. The second kappa shape index (κ2) is 5.78. The first kappa shape index (κ1) is 14.4. The van der Waals surface area contributed by atoms with Gasteiger partial charge in [-0.2, -0.15) is 0 Å². The van der Waals surface area contributed by atoms with Crippen LogP contribution in [0, 0.1) is 5.82 Å². The fourth-order valence-electron chi connectivity index (χ4n) is 2.97. The minimum Gasteiger partial charge on any atom is -0.309 e. The summed E-state index contributed by atoms with van der Waals surface area (Å²) in [5.74, 6) is -0.410. The summed E-state index contributed by atoms with van der Waals surface area (Å²) in [6, 6.07) is 25.4. The summed E-state index contributed by atoms with van der Waals surface area (Å²) in [7, 11) is 0. The lowest BCUT2D eigenvalue weighted by molar-refractivity contribution is 0.629. The van der Waals surface area contributed by atoms with Gasteiger partial charge in [-0.05, 0) is 35.9 Å². The van der Waals surface area contributed by atoms with E-state index >= 15 is 0 Å². The predicted molar refractivity (Wildman–Crippen MR) is 94.9 cm³/mol. The van der Waals surface area contributed by atoms with Crippen LogP contribution in [0.25, 0.3) is 27.8 Å². The Hall–Kier alpha value is -3.20. The highest BCUT2D eigenvalue weighted by atomic mass is 19.1. The van der Waals surface area contributed by atoms with Crippen LogP contribution in [-0.2, 0) is 0 Å². The van der Waals surface area contributed by atoms with Gasteiger partial charge in [-0.3, -0.25) is 4.79 Å². The maximum absolute atomic E-state index is 13.6. The average molecular weight is 315 g/mol. The summed E-state index contributed by atoms with van der Waals surface area (Å²) in [5.41, 5.74) is 3.15. The van der Waals surface area contributed by atoms with E-state index in [4.69, 9.17) is 0 Å². The van der Waals surface area contributed by atoms with Gasteiger partial charge in [-0.15, -0.1) is 0 Å². The van der Waals surface area contributed by atoms with Crippen LogP contribution in [0.15, 0.2) is 89.7 Å². The number of hydrogen-bond acceptors (Lipinski definition) is 1. The Bertz CT molecular complexity index is 1070. The molecule has 0 unspecified atom stereocenters. The quantitative estimate of drug-likeness (QED) is 0.521. The summed E-state index contributed by atoms with van der Waals surface area (Å²) in [5, 5.41) is 0.374. The molecule has 2 nitrogen and oxygen atoms in total. The molecule has 4 rings (SSSR count). The van der Waals surface area contributed by atoms with Crippen LogP contribution in [0.4, 0.5) is 4.39 Å². The lowest BCUT2D eigenvalue weighted by atomic mass is 10.1. The zero-order chi connectivity index (χ0) is 16.5. The van der Waals surface area contributed by atoms with E-state index in [9.17, 15) is 9.18 Å². The van der Waals surface area contributed by atoms with Crippen molar-refractivity contribution in [2.24, 2.45) is 0 Å². The number of fused-ring (bicyclic) bond motifs is 1. The molecule has 116 valence electrons. The maximum Gasteiger partial charge on any atom is 0.190 e. The van der Waals surface area contributed by atoms with Gasteiger partial charge < -0.3 is 4.57 Å². The molecule has 3 heteroatoms. The molecule has 0 amide bonds. The Morgan fingerprint density at radius 1 is 0.750 bits per heavy atom. The number of rotatable bonds is 2. The topological polar surface area (TPSA) is 22.0 Å². The standard InChI is InChI=1S/C21H14FNO/c22-16-11-12-19-18(13-16)21(24)14-20(15-7-3-1-4-8-15)23(19)17-9-5-2-6-10-17/h1-14H. The van der Waals surface area contributed by atoms with E-state index in [1.54, 1.807) is 12.1 Å². The van der Waals surface area contributed by atoms with Crippen molar-refractivity contribution >= 4 is 10.9 Å². The third-order valence-electron chi connectivity index (χ3n) is 4.06. The second-order valence-corrected chi connectivity index (χ2v) is 5.59. The van der Waals surface area contributed by atoms with Crippen LogP contribution in [0.3, 0.4) is 0 Å². The molecule has 1 aromatic heterocycles. The van der Waals surface area contributed by atoms with Gasteiger partial charge in [-0.1, -0.05) is 48.5 Å². The molecule has 3 aromatic carbocycles. The molecule has 0 aliphatic rings. The molecule has 0 aliphatic carbocycles. The molecule has 0 N–H and O–H groups in total. The maximum atomic E-state index is 13.6. The van der Waals surface area contributed by atoms with Gasteiger partial charge in [0.25, 0.3) is 0 Å². The van der Waals surface area contributed by atoms with Gasteiger partial charge in [0.05, 0.1) is 11.2 Å². The number of halogens is 1. The van der Waals surface area contributed by atoms with E-state index in [1.165, 1.54) is 12.1 Å². The van der Waals surface area contributed by atoms with Gasteiger partial charge in [0, 0.05) is 17.1 Å². The van der Waals surface area contributed by atoms with Crippen molar-refractivity contribution in [2.75, 3.05) is 0 Å². The fourth-order valence-corrected chi connectivity index (χ4v) is 2.97. The van der Waals surface area contributed by atoms with Crippen molar-refractivity contribution in [1.82, 2.24) is 4.57 Å². The van der Waals surface area contributed by atoms with E-state index in [2.05, 4.69) is 0 Å². The van der Waals surface area contributed by atoms with Crippen LogP contribution >= 0.6 is 0 Å². The van der Waals surface area contributed by atoms with Crippen molar-refractivity contribution in [3.8, 4) is 16.9 Å². The highest BCUT2D eigenvalue weighted by Gasteiger charge is 2.12. The van der Waals surface area contributed by atoms with Crippen LogP contribution < -0.4 is 5.43 Å². The SMILES string of the molecule is O=c1cc(-c2ccccc2)n(-c2ccccc2)c2ccc(F)cc12. The third-order valence-corrected chi connectivity index (χ3v) is 4.06. The molecular weight excluding hydrogens is 301 g/mol. The Balaban J connectivity index is 2.16. The van der Waals surface area contributed by atoms with E-state index in [0.717, 1.165) is 16.9 Å². The number of para-hydroxylation sites is 1. The summed E-state index contributed by atoms with van der Waals surface area (Å²) in [6.07, 6.45) is 0. The number of aromatic nitrogens is 1. The molecule has 1 heterocycles. The van der Waals surface area contributed by atoms with Gasteiger partial charge >= 0.3 is 0 Å². The summed E-state index contributed by atoms with van der Waals surface area (Å²) in [4.78, 5) is 12.5. The molecular formula is C21H14FNO. The average Bonchev–Trinajstić information content (AvgIpc) is 2.63. The minimum absolute atomic E-state index is 0.185. The zero-order valence-electron chi connectivity index (χ0n) is 12.8. The summed E-state index contributed by atoms with van der Waals surface area (Å²) >= 11 is 0. The van der Waals surface area contributed by atoms with Gasteiger partial charge in [0.1, 0.15) is 5.82 Å². The van der Waals surface area contributed by atoms with Crippen LogP contribution in [0.1, 0.15) is 0 Å². The number of pyridine rings is 1. The number of nitrogens with zero attached hydrogens (tertiary/aromatic N) is 1. The predicted octanol–water partition coefficient (Wildman–Crippen LogP) is 4.80. The normalized spacial score (nSPS) is 10.9. The summed E-state index contributed by atoms with van der Waals surface area (Å²) < 4.78 is 15.6. The van der Waals surface area contributed by atoms with Crippen molar-refractivity contribution in [1.29, 1.82) is 0 Å².